The number of aromatic nitrogens is 2. The molecule has 0 aliphatic carbocycles. The number of likely N-dealkylation sites (tertiary alicyclic amines) is 1. The molecule has 2 bridgehead atoms. The van der Waals surface area contributed by atoms with Gasteiger partial charge >= 0.3 is 6.01 Å². The van der Waals surface area contributed by atoms with Gasteiger partial charge in [0, 0.05) is 68.3 Å². The van der Waals surface area contributed by atoms with Gasteiger partial charge in [0.2, 0.25) is 10.0 Å². The van der Waals surface area contributed by atoms with Crippen molar-refractivity contribution in [1.82, 2.24) is 29.0 Å². The molecule has 13 heteroatoms. The zero-order chi connectivity index (χ0) is 35.3. The number of ether oxygens (including phenoxy) is 1. The Morgan fingerprint density at radius 2 is 1.67 bits per heavy atom. The number of benzene rings is 3. The number of likely N-dealkylation sites (N-methyl/N-ethyl adjacent to an activating group) is 2. The number of nitrogens with zero attached hydrogens (tertiary/aromatic N) is 7. The van der Waals surface area contributed by atoms with Gasteiger partial charge in [-0.2, -0.15) is 14.3 Å². The predicted molar refractivity (Wildman–Crippen MR) is 198 cm³/mol. The molecule has 4 aliphatic heterocycles. The zero-order valence-corrected chi connectivity index (χ0v) is 30.4. The van der Waals surface area contributed by atoms with Crippen LogP contribution in [0.1, 0.15) is 32.1 Å². The van der Waals surface area contributed by atoms with Gasteiger partial charge in [0.1, 0.15) is 23.7 Å². The third-order valence-corrected chi connectivity index (χ3v) is 13.5. The van der Waals surface area contributed by atoms with Crippen molar-refractivity contribution in [2.75, 3.05) is 83.7 Å². The molecular formula is C38H48FN7O4S. The van der Waals surface area contributed by atoms with Crippen molar-refractivity contribution in [2.24, 2.45) is 0 Å². The third kappa shape index (κ3) is 6.86. The van der Waals surface area contributed by atoms with E-state index in [0.29, 0.717) is 48.4 Å². The Kier molecular flexibility index (Phi) is 9.51. The monoisotopic (exact) mass is 717 g/mol. The number of piperazine rings is 2. The molecule has 5 heterocycles. The van der Waals surface area contributed by atoms with Gasteiger partial charge in [-0.1, -0.05) is 30.3 Å². The molecule has 3 atom stereocenters. The van der Waals surface area contributed by atoms with Crippen molar-refractivity contribution in [3.8, 4) is 22.9 Å². The number of rotatable bonds is 10. The predicted octanol–water partition coefficient (Wildman–Crippen LogP) is 4.39. The highest BCUT2D eigenvalue weighted by Crippen LogP contribution is 2.41. The molecular weight excluding hydrogens is 670 g/mol. The maximum Gasteiger partial charge on any atom is 0.319 e. The second kappa shape index (κ2) is 14.1. The number of fused-ring (bicyclic) bond motifs is 4. The van der Waals surface area contributed by atoms with E-state index < -0.39 is 15.8 Å². The summed E-state index contributed by atoms with van der Waals surface area (Å²) in [7, 11) is 0.753. The SMILES string of the molecule is CN1CCN(CCCS(=O)(=O)N2C3CCC2CN(c2nc(OC[C@@H]4CCCN4C)nc4c(F)c(-c5cc(O)cc6ccccc56)ccc24)C3)CC1. The molecule has 2 unspecified atom stereocenters. The summed E-state index contributed by atoms with van der Waals surface area (Å²) in [6.45, 7) is 7.09. The molecule has 4 saturated heterocycles. The Morgan fingerprint density at radius 1 is 0.902 bits per heavy atom. The van der Waals surface area contributed by atoms with Crippen molar-refractivity contribution in [3.05, 3.63) is 54.3 Å². The van der Waals surface area contributed by atoms with Crippen LogP contribution >= 0.6 is 0 Å². The quantitative estimate of drug-likeness (QED) is 0.254. The lowest BCUT2D eigenvalue weighted by Crippen LogP contribution is -2.56. The van der Waals surface area contributed by atoms with Crippen LogP contribution in [-0.2, 0) is 10.0 Å². The smallest absolute Gasteiger partial charge is 0.319 e. The number of hydrogen-bond acceptors (Lipinski definition) is 10. The molecule has 1 aromatic heterocycles. The summed E-state index contributed by atoms with van der Waals surface area (Å²) in [6, 6.07) is 14.4. The van der Waals surface area contributed by atoms with Crippen LogP contribution < -0.4 is 9.64 Å². The highest BCUT2D eigenvalue weighted by Gasteiger charge is 2.46. The van der Waals surface area contributed by atoms with E-state index in [4.69, 9.17) is 9.72 Å². The average Bonchev–Trinajstić information content (AvgIpc) is 3.66. The lowest BCUT2D eigenvalue weighted by atomic mass is 9.96. The van der Waals surface area contributed by atoms with Crippen molar-refractivity contribution in [1.29, 1.82) is 0 Å². The maximum atomic E-state index is 16.9. The van der Waals surface area contributed by atoms with E-state index >= 15 is 4.39 Å². The fourth-order valence-electron chi connectivity index (χ4n) is 8.66. The van der Waals surface area contributed by atoms with Crippen LogP contribution in [0.4, 0.5) is 10.2 Å². The minimum Gasteiger partial charge on any atom is -0.508 e. The van der Waals surface area contributed by atoms with E-state index in [1.165, 1.54) is 0 Å². The van der Waals surface area contributed by atoms with Gasteiger partial charge < -0.3 is 29.4 Å². The van der Waals surface area contributed by atoms with E-state index in [-0.39, 0.29) is 41.2 Å². The minimum absolute atomic E-state index is 0.0545. The summed E-state index contributed by atoms with van der Waals surface area (Å²) in [4.78, 5) is 18.6. The number of phenols is 1. The van der Waals surface area contributed by atoms with Crippen molar-refractivity contribution >= 4 is 37.5 Å². The third-order valence-electron chi connectivity index (χ3n) is 11.5. The van der Waals surface area contributed by atoms with Gasteiger partial charge in [0.05, 0.1) is 5.75 Å². The number of halogens is 1. The first-order chi connectivity index (χ1) is 24.6. The van der Waals surface area contributed by atoms with Gasteiger partial charge in [-0.05, 0) is 93.8 Å². The largest absolute Gasteiger partial charge is 0.508 e. The fourth-order valence-corrected chi connectivity index (χ4v) is 10.6. The molecule has 1 N–H and O–H groups in total. The summed E-state index contributed by atoms with van der Waals surface area (Å²) in [6.07, 6.45) is 4.28. The topological polar surface area (TPSA) is 106 Å². The molecule has 0 spiro atoms. The first kappa shape index (κ1) is 34.5. The lowest BCUT2D eigenvalue weighted by Gasteiger charge is -2.41. The molecule has 8 rings (SSSR count). The molecule has 0 radical (unpaired) electrons. The van der Waals surface area contributed by atoms with Crippen LogP contribution in [0.2, 0.25) is 0 Å². The van der Waals surface area contributed by atoms with Gasteiger partial charge in [0.15, 0.2) is 5.82 Å². The standard InChI is InChI=1S/C38H48FN7O4S/c1-42-16-18-44(19-17-42)15-6-20-51(48,49)46-27-10-11-28(46)24-45(23-27)37-33-13-12-32(34-22-30(47)21-26-7-3-4-9-31(26)34)35(39)36(33)40-38(41-37)50-25-29-8-5-14-43(29)2/h3-4,7,9,12-13,21-22,27-29,47H,5-6,8,10-11,14-20,23-25H2,1-2H3/t27?,28?,29-/m0/s1. The summed E-state index contributed by atoms with van der Waals surface area (Å²) in [5.74, 6) is 0.247. The second-order valence-corrected chi connectivity index (χ2v) is 16.9. The summed E-state index contributed by atoms with van der Waals surface area (Å²) >= 11 is 0. The number of phenolic OH excluding ortho intramolecular Hbond substituents is 1. The highest BCUT2D eigenvalue weighted by atomic mass is 32.2. The Balaban J connectivity index is 1.09. The molecule has 0 amide bonds. The highest BCUT2D eigenvalue weighted by molar-refractivity contribution is 7.89. The Bertz CT molecular complexity index is 2010. The first-order valence-corrected chi connectivity index (χ1v) is 20.0. The molecule has 11 nitrogen and oxygen atoms in total. The van der Waals surface area contributed by atoms with Crippen molar-refractivity contribution in [2.45, 2.75) is 50.2 Å². The minimum atomic E-state index is -3.45. The van der Waals surface area contributed by atoms with Crippen molar-refractivity contribution < 1.29 is 22.7 Å². The molecule has 51 heavy (non-hydrogen) atoms. The van der Waals surface area contributed by atoms with Gasteiger partial charge in [-0.15, -0.1) is 0 Å². The number of sulfonamides is 1. The normalized spacial score (nSPS) is 23.9. The Morgan fingerprint density at radius 3 is 2.41 bits per heavy atom. The lowest BCUT2D eigenvalue weighted by molar-refractivity contribution is 0.154. The van der Waals surface area contributed by atoms with Crippen LogP contribution in [-0.4, -0.2) is 139 Å². The Hall–Kier alpha value is -3.62. The zero-order valence-electron chi connectivity index (χ0n) is 29.5. The van der Waals surface area contributed by atoms with Crippen molar-refractivity contribution in [3.63, 3.8) is 0 Å². The van der Waals surface area contributed by atoms with Crippen LogP contribution in [0.3, 0.4) is 0 Å². The van der Waals surface area contributed by atoms with Gasteiger partial charge in [-0.3, -0.25) is 0 Å². The van der Waals surface area contributed by atoms with Crippen LogP contribution in [0, 0.1) is 5.82 Å². The second-order valence-electron chi connectivity index (χ2n) is 14.9. The number of anilines is 1. The molecule has 272 valence electrons. The molecule has 4 aliphatic rings. The van der Waals surface area contributed by atoms with E-state index in [1.807, 2.05) is 30.3 Å². The van der Waals surface area contributed by atoms with Crippen LogP contribution in [0.5, 0.6) is 11.8 Å². The van der Waals surface area contributed by atoms with E-state index in [0.717, 1.165) is 75.7 Å². The van der Waals surface area contributed by atoms with E-state index in [1.54, 1.807) is 22.5 Å². The van der Waals surface area contributed by atoms with Gasteiger partial charge in [0.25, 0.3) is 0 Å². The summed E-state index contributed by atoms with van der Waals surface area (Å²) < 4.78 is 52.4. The molecule has 4 aromatic rings. The summed E-state index contributed by atoms with van der Waals surface area (Å²) in [5.41, 5.74) is 1.05. The maximum absolute atomic E-state index is 16.9. The molecule has 0 saturated carbocycles. The average molecular weight is 718 g/mol. The van der Waals surface area contributed by atoms with E-state index in [9.17, 15) is 13.5 Å². The molecule has 4 fully saturated rings. The first-order valence-electron chi connectivity index (χ1n) is 18.4. The van der Waals surface area contributed by atoms with Gasteiger partial charge in [-0.25, -0.2) is 12.8 Å². The molecule has 3 aromatic carbocycles. The van der Waals surface area contributed by atoms with Crippen LogP contribution in [0.25, 0.3) is 32.8 Å². The number of aromatic hydroxyl groups is 1. The number of hydrogen-bond donors (Lipinski definition) is 1. The summed E-state index contributed by atoms with van der Waals surface area (Å²) in [5, 5.41) is 12.7. The van der Waals surface area contributed by atoms with E-state index in [2.05, 4.69) is 38.7 Å². The fraction of sp³-hybridized carbons (Fsp3) is 0.526. The Labute approximate surface area is 299 Å². The van der Waals surface area contributed by atoms with Crippen LogP contribution in [0.15, 0.2) is 48.5 Å².